The minimum Gasteiger partial charge on any atom is -0.290 e. The van der Waals surface area contributed by atoms with Crippen molar-refractivity contribution < 1.29 is 13.9 Å². The molecule has 1 aliphatic rings. The SMILES string of the molecule is CC1=CC(=O)C(C(C)C)=CC1=N[S@](=O)c1ccccc1[N+](=O)[O-]. The summed E-state index contributed by atoms with van der Waals surface area (Å²) in [4.78, 5) is 22.4. The number of carbonyl (C=O) groups is 1. The zero-order valence-corrected chi connectivity index (χ0v) is 13.8. The fourth-order valence-corrected chi connectivity index (χ4v) is 3.12. The molecule has 0 radical (unpaired) electrons. The van der Waals surface area contributed by atoms with Crippen LogP contribution < -0.4 is 0 Å². The summed E-state index contributed by atoms with van der Waals surface area (Å²) in [6.07, 6.45) is 3.06. The third kappa shape index (κ3) is 3.68. The molecule has 1 aliphatic carbocycles. The Morgan fingerprint density at radius 1 is 1.22 bits per heavy atom. The highest BCUT2D eigenvalue weighted by Crippen LogP contribution is 2.24. The van der Waals surface area contributed by atoms with E-state index in [1.165, 1.54) is 24.3 Å². The smallest absolute Gasteiger partial charge is 0.287 e. The molecule has 120 valence electrons. The molecule has 7 heteroatoms. The van der Waals surface area contributed by atoms with Crippen LogP contribution in [0, 0.1) is 16.0 Å². The van der Waals surface area contributed by atoms with Crippen LogP contribution in [-0.2, 0) is 15.8 Å². The van der Waals surface area contributed by atoms with E-state index in [9.17, 15) is 19.1 Å². The fraction of sp³-hybridized carbons (Fsp3) is 0.250. The molecule has 23 heavy (non-hydrogen) atoms. The Kier molecular flexibility index (Phi) is 5.00. The van der Waals surface area contributed by atoms with E-state index in [0.717, 1.165) is 0 Å². The molecule has 0 saturated heterocycles. The quantitative estimate of drug-likeness (QED) is 0.481. The van der Waals surface area contributed by atoms with Crippen LogP contribution in [0.15, 0.2) is 56.9 Å². The Hall–Kier alpha value is -2.41. The Morgan fingerprint density at radius 3 is 2.48 bits per heavy atom. The van der Waals surface area contributed by atoms with Gasteiger partial charge in [-0.2, -0.15) is 4.40 Å². The van der Waals surface area contributed by atoms with Crippen LogP contribution in [0.25, 0.3) is 0 Å². The number of nitrogens with zero attached hydrogens (tertiary/aromatic N) is 2. The first-order chi connectivity index (χ1) is 10.8. The van der Waals surface area contributed by atoms with Crippen molar-refractivity contribution in [1.82, 2.24) is 0 Å². The standard InChI is InChI=1S/C16H16N2O4S/c1-10(2)12-9-13(11(3)8-15(12)19)17-23(22)16-7-5-4-6-14(16)18(20)21/h4-10H,1-3H3/t23-/m1/s1. The zero-order valence-electron chi connectivity index (χ0n) is 13.0. The van der Waals surface area contributed by atoms with Gasteiger partial charge in [0.05, 0.1) is 10.6 Å². The number of hydrogen-bond acceptors (Lipinski definition) is 4. The number of rotatable bonds is 4. The molecule has 2 rings (SSSR count). The van der Waals surface area contributed by atoms with Crippen molar-refractivity contribution in [2.45, 2.75) is 25.7 Å². The number of benzene rings is 1. The average molecular weight is 332 g/mol. The van der Waals surface area contributed by atoms with Crippen molar-refractivity contribution in [3.8, 4) is 0 Å². The van der Waals surface area contributed by atoms with Crippen molar-refractivity contribution in [1.29, 1.82) is 0 Å². The largest absolute Gasteiger partial charge is 0.290 e. The van der Waals surface area contributed by atoms with Gasteiger partial charge in [0.1, 0.15) is 4.90 Å². The molecule has 0 aliphatic heterocycles. The molecule has 0 amide bonds. The van der Waals surface area contributed by atoms with Crippen LogP contribution in [0.5, 0.6) is 0 Å². The molecule has 0 N–H and O–H groups in total. The highest BCUT2D eigenvalue weighted by atomic mass is 32.2. The van der Waals surface area contributed by atoms with Gasteiger partial charge in [-0.15, -0.1) is 0 Å². The van der Waals surface area contributed by atoms with Crippen LogP contribution >= 0.6 is 0 Å². The van der Waals surface area contributed by atoms with Gasteiger partial charge in [-0.1, -0.05) is 26.0 Å². The molecule has 0 spiro atoms. The molecular weight excluding hydrogens is 316 g/mol. The second kappa shape index (κ2) is 6.78. The minimum absolute atomic E-state index is 0.0107. The Morgan fingerprint density at radius 2 is 1.87 bits per heavy atom. The fourth-order valence-electron chi connectivity index (χ4n) is 2.13. The van der Waals surface area contributed by atoms with E-state index in [2.05, 4.69) is 4.40 Å². The van der Waals surface area contributed by atoms with Crippen molar-refractivity contribution in [3.05, 3.63) is 57.7 Å². The summed E-state index contributed by atoms with van der Waals surface area (Å²) in [5.74, 6) is -0.0792. The van der Waals surface area contributed by atoms with Gasteiger partial charge < -0.3 is 0 Å². The molecule has 1 aromatic rings. The molecule has 0 bridgehead atoms. The average Bonchev–Trinajstić information content (AvgIpc) is 2.49. The molecule has 0 unspecified atom stereocenters. The van der Waals surface area contributed by atoms with Gasteiger partial charge in [-0.25, -0.2) is 4.21 Å². The summed E-state index contributed by atoms with van der Waals surface area (Å²) in [5, 5.41) is 11.0. The van der Waals surface area contributed by atoms with Gasteiger partial charge in [0.25, 0.3) is 5.69 Å². The molecule has 1 aromatic carbocycles. The third-order valence-electron chi connectivity index (χ3n) is 3.38. The second-order valence-electron chi connectivity index (χ2n) is 5.40. The first-order valence-corrected chi connectivity index (χ1v) is 8.10. The highest BCUT2D eigenvalue weighted by molar-refractivity contribution is 7.84. The number of carbonyl (C=O) groups excluding carboxylic acids is 1. The predicted octanol–water partition coefficient (Wildman–Crippen LogP) is 3.17. The summed E-state index contributed by atoms with van der Waals surface area (Å²) in [6, 6.07) is 5.78. The summed E-state index contributed by atoms with van der Waals surface area (Å²) in [6.45, 7) is 5.46. The molecule has 0 fully saturated rings. The number of nitro benzene ring substituents is 1. The van der Waals surface area contributed by atoms with Crippen molar-refractivity contribution in [3.63, 3.8) is 0 Å². The first kappa shape index (κ1) is 17.0. The maximum Gasteiger partial charge on any atom is 0.287 e. The Balaban J connectivity index is 2.45. The Bertz CT molecular complexity index is 791. The van der Waals surface area contributed by atoms with Gasteiger partial charge in [0.2, 0.25) is 0 Å². The van der Waals surface area contributed by atoms with E-state index in [4.69, 9.17) is 0 Å². The number of para-hydroxylation sites is 1. The van der Waals surface area contributed by atoms with E-state index >= 15 is 0 Å². The Labute approximate surface area is 136 Å². The second-order valence-corrected chi connectivity index (χ2v) is 6.52. The lowest BCUT2D eigenvalue weighted by Gasteiger charge is -2.14. The van der Waals surface area contributed by atoms with Crippen LogP contribution in [0.4, 0.5) is 5.69 Å². The van der Waals surface area contributed by atoms with E-state index in [1.807, 2.05) is 13.8 Å². The number of allylic oxidation sites excluding steroid dienone is 4. The minimum atomic E-state index is -1.92. The van der Waals surface area contributed by atoms with Crippen LogP contribution in [0.2, 0.25) is 0 Å². The molecule has 0 aromatic heterocycles. The number of hydrogen-bond donors (Lipinski definition) is 0. The maximum absolute atomic E-state index is 12.4. The van der Waals surface area contributed by atoms with Crippen molar-refractivity contribution >= 4 is 28.2 Å². The van der Waals surface area contributed by atoms with Crippen LogP contribution in [0.3, 0.4) is 0 Å². The molecule has 1 atom stereocenters. The highest BCUT2D eigenvalue weighted by Gasteiger charge is 2.22. The molecule has 0 heterocycles. The summed E-state index contributed by atoms with van der Waals surface area (Å²) >= 11 is 0. The monoisotopic (exact) mass is 332 g/mol. The maximum atomic E-state index is 12.4. The lowest BCUT2D eigenvalue weighted by atomic mass is 9.90. The van der Waals surface area contributed by atoms with Gasteiger partial charge in [0.15, 0.2) is 16.8 Å². The normalized spacial score (nSPS) is 17.9. The van der Waals surface area contributed by atoms with E-state index in [1.54, 1.807) is 19.1 Å². The van der Waals surface area contributed by atoms with Crippen molar-refractivity contribution in [2.24, 2.45) is 10.3 Å². The number of nitro groups is 1. The van der Waals surface area contributed by atoms with E-state index in [0.29, 0.717) is 16.9 Å². The predicted molar refractivity (Wildman–Crippen MR) is 88.6 cm³/mol. The van der Waals surface area contributed by atoms with E-state index in [-0.39, 0.29) is 22.3 Å². The summed E-state index contributed by atoms with van der Waals surface area (Å²) < 4.78 is 16.5. The molecule has 0 saturated carbocycles. The van der Waals surface area contributed by atoms with Gasteiger partial charge in [0, 0.05) is 11.6 Å². The van der Waals surface area contributed by atoms with Gasteiger partial charge >= 0.3 is 0 Å². The van der Waals surface area contributed by atoms with Crippen LogP contribution in [0.1, 0.15) is 20.8 Å². The third-order valence-corrected chi connectivity index (χ3v) is 4.47. The molecule has 6 nitrogen and oxygen atoms in total. The van der Waals surface area contributed by atoms with Gasteiger partial charge in [-0.05, 0) is 36.6 Å². The summed E-state index contributed by atoms with van der Waals surface area (Å²) in [5.41, 5.74) is 1.33. The molecular formula is C16H16N2O4S. The van der Waals surface area contributed by atoms with E-state index < -0.39 is 15.9 Å². The summed E-state index contributed by atoms with van der Waals surface area (Å²) in [7, 11) is -1.92. The number of ketones is 1. The van der Waals surface area contributed by atoms with Crippen molar-refractivity contribution in [2.75, 3.05) is 0 Å². The lowest BCUT2D eigenvalue weighted by molar-refractivity contribution is -0.387. The lowest BCUT2D eigenvalue weighted by Crippen LogP contribution is -2.16. The first-order valence-electron chi connectivity index (χ1n) is 7.00. The zero-order chi connectivity index (χ0) is 17.1. The topological polar surface area (TPSA) is 89.6 Å². The van der Waals surface area contributed by atoms with Crippen LogP contribution in [-0.4, -0.2) is 20.6 Å². The van der Waals surface area contributed by atoms with Gasteiger partial charge in [-0.3, -0.25) is 14.9 Å².